The predicted molar refractivity (Wildman–Crippen MR) is 66.5 cm³/mol. The van der Waals surface area contributed by atoms with Crippen molar-refractivity contribution in [1.29, 1.82) is 0 Å². The van der Waals surface area contributed by atoms with E-state index in [4.69, 9.17) is 22.2 Å². The molecule has 0 amide bonds. The summed E-state index contributed by atoms with van der Waals surface area (Å²) in [5, 5.41) is 0.706. The zero-order valence-electron chi connectivity index (χ0n) is 10.0. The van der Waals surface area contributed by atoms with Crippen LogP contribution in [0.2, 0.25) is 5.02 Å². The van der Waals surface area contributed by atoms with Gasteiger partial charge < -0.3 is 4.74 Å². The Bertz CT molecular complexity index is 368. The molecule has 1 atom stereocenters. The molecule has 0 saturated carbocycles. The molecular formula is C11H18ClN3O. The van der Waals surface area contributed by atoms with Gasteiger partial charge in [-0.15, -0.1) is 0 Å². The monoisotopic (exact) mass is 243 g/mol. The number of halogens is 1. The van der Waals surface area contributed by atoms with Gasteiger partial charge in [0.1, 0.15) is 11.9 Å². The SMILES string of the molecule is COc1cc(C)c(Cl)cc1C(NN)N(C)C. The lowest BCUT2D eigenvalue weighted by molar-refractivity contribution is 0.245. The summed E-state index contributed by atoms with van der Waals surface area (Å²) in [7, 11) is 5.49. The first-order chi connectivity index (χ1) is 7.51. The summed E-state index contributed by atoms with van der Waals surface area (Å²) < 4.78 is 5.33. The minimum Gasteiger partial charge on any atom is -0.496 e. The normalized spacial score (nSPS) is 12.9. The van der Waals surface area contributed by atoms with E-state index in [0.29, 0.717) is 5.02 Å². The second-order valence-corrected chi connectivity index (χ2v) is 4.28. The fourth-order valence-corrected chi connectivity index (χ4v) is 1.75. The third kappa shape index (κ3) is 2.65. The van der Waals surface area contributed by atoms with Crippen LogP contribution in [0.5, 0.6) is 5.75 Å². The Balaban J connectivity index is 3.24. The first-order valence-corrected chi connectivity index (χ1v) is 5.35. The number of aryl methyl sites for hydroxylation is 1. The van der Waals surface area contributed by atoms with Gasteiger partial charge >= 0.3 is 0 Å². The molecule has 0 aromatic heterocycles. The number of hydrazine groups is 1. The van der Waals surface area contributed by atoms with E-state index >= 15 is 0 Å². The zero-order chi connectivity index (χ0) is 12.3. The van der Waals surface area contributed by atoms with Crippen molar-refractivity contribution in [1.82, 2.24) is 10.3 Å². The summed E-state index contributed by atoms with van der Waals surface area (Å²) in [6, 6.07) is 3.78. The fraction of sp³-hybridized carbons (Fsp3) is 0.455. The molecule has 1 unspecified atom stereocenters. The minimum atomic E-state index is -0.131. The number of hydrogen-bond acceptors (Lipinski definition) is 4. The van der Waals surface area contributed by atoms with Crippen molar-refractivity contribution in [3.05, 3.63) is 28.3 Å². The number of rotatable bonds is 4. The Morgan fingerprint density at radius 3 is 2.50 bits per heavy atom. The lowest BCUT2D eigenvalue weighted by Crippen LogP contribution is -2.38. The van der Waals surface area contributed by atoms with E-state index in [1.54, 1.807) is 7.11 Å². The van der Waals surface area contributed by atoms with Crippen LogP contribution in [0.4, 0.5) is 0 Å². The highest BCUT2D eigenvalue weighted by molar-refractivity contribution is 6.31. The highest BCUT2D eigenvalue weighted by atomic mass is 35.5. The van der Waals surface area contributed by atoms with Gasteiger partial charge in [0.05, 0.1) is 7.11 Å². The van der Waals surface area contributed by atoms with Gasteiger partial charge in [0.2, 0.25) is 0 Å². The van der Waals surface area contributed by atoms with Gasteiger partial charge in [0.15, 0.2) is 0 Å². The lowest BCUT2D eigenvalue weighted by Gasteiger charge is -2.25. The predicted octanol–water partition coefficient (Wildman–Crippen LogP) is 1.68. The number of benzene rings is 1. The van der Waals surface area contributed by atoms with Crippen LogP contribution < -0.4 is 16.0 Å². The van der Waals surface area contributed by atoms with Crippen LogP contribution >= 0.6 is 11.6 Å². The van der Waals surface area contributed by atoms with Crippen molar-refractivity contribution in [2.24, 2.45) is 5.84 Å². The van der Waals surface area contributed by atoms with Crippen molar-refractivity contribution < 1.29 is 4.74 Å². The average Bonchev–Trinajstić information content (AvgIpc) is 2.23. The average molecular weight is 244 g/mol. The molecule has 0 aliphatic rings. The van der Waals surface area contributed by atoms with Crippen LogP contribution in [0.25, 0.3) is 0 Å². The maximum Gasteiger partial charge on any atom is 0.125 e. The molecule has 1 aromatic carbocycles. The molecule has 0 aliphatic carbocycles. The largest absolute Gasteiger partial charge is 0.496 e. The molecular weight excluding hydrogens is 226 g/mol. The molecule has 0 saturated heterocycles. The Labute approximate surface area is 101 Å². The van der Waals surface area contributed by atoms with Gasteiger partial charge in [-0.2, -0.15) is 0 Å². The van der Waals surface area contributed by atoms with Gasteiger partial charge in [0.25, 0.3) is 0 Å². The lowest BCUT2D eigenvalue weighted by atomic mass is 10.1. The molecule has 90 valence electrons. The number of hydrogen-bond donors (Lipinski definition) is 2. The van der Waals surface area contributed by atoms with Crippen LogP contribution in [-0.4, -0.2) is 26.1 Å². The van der Waals surface area contributed by atoms with E-state index in [1.807, 2.05) is 38.1 Å². The Kier molecular flexibility index (Phi) is 4.56. The molecule has 0 spiro atoms. The van der Waals surface area contributed by atoms with Crippen LogP contribution in [0.15, 0.2) is 12.1 Å². The standard InChI is InChI=1S/C11H18ClN3O/c1-7-5-10(16-4)8(6-9(7)12)11(14-13)15(2)3/h5-6,11,14H,13H2,1-4H3. The van der Waals surface area contributed by atoms with Gasteiger partial charge in [-0.3, -0.25) is 10.7 Å². The smallest absolute Gasteiger partial charge is 0.125 e. The van der Waals surface area contributed by atoms with Crippen LogP contribution in [0, 0.1) is 6.92 Å². The first-order valence-electron chi connectivity index (χ1n) is 4.97. The third-order valence-electron chi connectivity index (χ3n) is 2.48. The van der Waals surface area contributed by atoms with Crippen molar-refractivity contribution in [3.8, 4) is 5.75 Å². The molecule has 0 fully saturated rings. The van der Waals surface area contributed by atoms with E-state index < -0.39 is 0 Å². The first kappa shape index (κ1) is 13.3. The van der Waals surface area contributed by atoms with Crippen LogP contribution in [0.3, 0.4) is 0 Å². The van der Waals surface area contributed by atoms with Crippen molar-refractivity contribution >= 4 is 11.6 Å². The van der Waals surface area contributed by atoms with Crippen molar-refractivity contribution in [3.63, 3.8) is 0 Å². The van der Waals surface area contributed by atoms with E-state index in [0.717, 1.165) is 16.9 Å². The van der Waals surface area contributed by atoms with Crippen LogP contribution in [0.1, 0.15) is 17.3 Å². The number of nitrogens with two attached hydrogens (primary N) is 1. The number of nitrogens with zero attached hydrogens (tertiary/aromatic N) is 1. The highest BCUT2D eigenvalue weighted by Gasteiger charge is 2.18. The summed E-state index contributed by atoms with van der Waals surface area (Å²) in [5.41, 5.74) is 4.63. The maximum atomic E-state index is 6.11. The molecule has 1 aromatic rings. The number of nitrogens with one attached hydrogen (secondary N) is 1. The van der Waals surface area contributed by atoms with E-state index in [2.05, 4.69) is 5.43 Å². The quantitative estimate of drug-likeness (QED) is 0.480. The fourth-order valence-electron chi connectivity index (χ4n) is 1.58. The zero-order valence-corrected chi connectivity index (χ0v) is 10.8. The molecule has 16 heavy (non-hydrogen) atoms. The minimum absolute atomic E-state index is 0.131. The molecule has 4 nitrogen and oxygen atoms in total. The Hall–Kier alpha value is -0.810. The third-order valence-corrected chi connectivity index (χ3v) is 2.89. The molecule has 5 heteroatoms. The molecule has 0 bridgehead atoms. The number of ether oxygens (including phenoxy) is 1. The topological polar surface area (TPSA) is 50.5 Å². The van der Waals surface area contributed by atoms with Gasteiger partial charge in [-0.05, 0) is 38.7 Å². The molecule has 0 heterocycles. The molecule has 0 aliphatic heterocycles. The number of methoxy groups -OCH3 is 1. The summed E-state index contributed by atoms with van der Waals surface area (Å²) in [6.45, 7) is 1.94. The van der Waals surface area contributed by atoms with Gasteiger partial charge in [-0.1, -0.05) is 11.6 Å². The molecule has 0 radical (unpaired) electrons. The molecule has 1 rings (SSSR count). The van der Waals surface area contributed by atoms with E-state index in [-0.39, 0.29) is 6.17 Å². The van der Waals surface area contributed by atoms with Gasteiger partial charge in [0, 0.05) is 10.6 Å². The Morgan fingerprint density at radius 1 is 1.44 bits per heavy atom. The van der Waals surface area contributed by atoms with Crippen molar-refractivity contribution in [2.45, 2.75) is 13.1 Å². The summed E-state index contributed by atoms with van der Waals surface area (Å²) in [4.78, 5) is 1.95. The highest BCUT2D eigenvalue weighted by Crippen LogP contribution is 2.31. The summed E-state index contributed by atoms with van der Waals surface area (Å²) >= 11 is 6.11. The molecule has 3 N–H and O–H groups in total. The second kappa shape index (κ2) is 5.50. The Morgan fingerprint density at radius 2 is 2.06 bits per heavy atom. The van der Waals surface area contributed by atoms with Crippen LogP contribution in [-0.2, 0) is 0 Å². The van der Waals surface area contributed by atoms with Crippen molar-refractivity contribution in [2.75, 3.05) is 21.2 Å². The van der Waals surface area contributed by atoms with Gasteiger partial charge in [-0.25, -0.2) is 5.43 Å². The summed E-state index contributed by atoms with van der Waals surface area (Å²) in [6.07, 6.45) is -0.131. The van der Waals surface area contributed by atoms with E-state index in [1.165, 1.54) is 0 Å². The second-order valence-electron chi connectivity index (χ2n) is 3.88. The van der Waals surface area contributed by atoms with E-state index in [9.17, 15) is 0 Å². The maximum absolute atomic E-state index is 6.11. The summed E-state index contributed by atoms with van der Waals surface area (Å²) in [5.74, 6) is 6.30.